The van der Waals surface area contributed by atoms with Gasteiger partial charge in [-0.1, -0.05) is 36.4 Å². The number of nitrogens with one attached hydrogen (secondary N) is 1. The summed E-state index contributed by atoms with van der Waals surface area (Å²) in [6.07, 6.45) is -0.620. The van der Waals surface area contributed by atoms with Crippen LogP contribution < -0.4 is 5.32 Å². The smallest absolute Gasteiger partial charge is 0.407 e. The molecular weight excluding hydrogens is 286 g/mol. The Morgan fingerprint density at radius 2 is 1.82 bits per heavy atom. The van der Waals surface area contributed by atoms with Crippen LogP contribution in [0.2, 0.25) is 0 Å². The Morgan fingerprint density at radius 1 is 1.09 bits per heavy atom. The third kappa shape index (κ3) is 4.24. The third-order valence-electron chi connectivity index (χ3n) is 2.97. The summed E-state index contributed by atoms with van der Waals surface area (Å²) in [6, 6.07) is 13.2. The van der Waals surface area contributed by atoms with Crippen LogP contribution in [0.4, 0.5) is 4.79 Å². The SMILES string of the molecule is O=C(NCc1ccc(C(=O)O)cc1O)OCc1ccccc1. The second kappa shape index (κ2) is 7.12. The summed E-state index contributed by atoms with van der Waals surface area (Å²) < 4.78 is 5.03. The number of carboxylic acid groups (broad SMARTS) is 1. The molecule has 6 nitrogen and oxygen atoms in total. The Balaban J connectivity index is 1.85. The van der Waals surface area contributed by atoms with Crippen LogP contribution in [0.25, 0.3) is 0 Å². The molecule has 0 aliphatic heterocycles. The molecule has 2 aromatic carbocycles. The maximum Gasteiger partial charge on any atom is 0.407 e. The highest BCUT2D eigenvalue weighted by Gasteiger charge is 2.09. The lowest BCUT2D eigenvalue weighted by Crippen LogP contribution is -2.23. The van der Waals surface area contributed by atoms with Crippen molar-refractivity contribution < 1.29 is 24.5 Å². The van der Waals surface area contributed by atoms with Gasteiger partial charge in [-0.25, -0.2) is 9.59 Å². The minimum Gasteiger partial charge on any atom is -0.508 e. The average molecular weight is 301 g/mol. The highest BCUT2D eigenvalue weighted by Crippen LogP contribution is 2.18. The van der Waals surface area contributed by atoms with Gasteiger partial charge in [0.05, 0.1) is 5.56 Å². The first-order chi connectivity index (χ1) is 10.6. The second-order valence-electron chi connectivity index (χ2n) is 4.56. The summed E-state index contributed by atoms with van der Waals surface area (Å²) in [5.74, 6) is -1.32. The van der Waals surface area contributed by atoms with E-state index in [0.717, 1.165) is 11.6 Å². The Labute approximate surface area is 127 Å². The van der Waals surface area contributed by atoms with Crippen molar-refractivity contribution in [2.75, 3.05) is 0 Å². The van der Waals surface area contributed by atoms with E-state index in [1.165, 1.54) is 12.1 Å². The summed E-state index contributed by atoms with van der Waals surface area (Å²) in [4.78, 5) is 22.3. The number of rotatable bonds is 5. The Morgan fingerprint density at radius 3 is 2.45 bits per heavy atom. The summed E-state index contributed by atoms with van der Waals surface area (Å²) in [5.41, 5.74) is 1.25. The monoisotopic (exact) mass is 301 g/mol. The molecule has 0 bridgehead atoms. The molecule has 0 atom stereocenters. The minimum atomic E-state index is -1.13. The molecule has 0 heterocycles. The van der Waals surface area contributed by atoms with Crippen molar-refractivity contribution in [1.29, 1.82) is 0 Å². The van der Waals surface area contributed by atoms with Crippen LogP contribution in [-0.2, 0) is 17.9 Å². The number of amides is 1. The van der Waals surface area contributed by atoms with E-state index >= 15 is 0 Å². The second-order valence-corrected chi connectivity index (χ2v) is 4.56. The number of aromatic carboxylic acids is 1. The van der Waals surface area contributed by atoms with Gasteiger partial charge in [-0.15, -0.1) is 0 Å². The Bertz CT molecular complexity index is 669. The van der Waals surface area contributed by atoms with E-state index in [1.807, 2.05) is 30.3 Å². The van der Waals surface area contributed by atoms with Gasteiger partial charge in [0.1, 0.15) is 12.4 Å². The molecule has 0 saturated carbocycles. The first-order valence-electron chi connectivity index (χ1n) is 6.56. The zero-order chi connectivity index (χ0) is 15.9. The van der Waals surface area contributed by atoms with E-state index in [0.29, 0.717) is 5.56 Å². The number of hydrogen-bond donors (Lipinski definition) is 3. The molecule has 0 unspecified atom stereocenters. The molecule has 0 aromatic heterocycles. The van der Waals surface area contributed by atoms with Gasteiger partial charge in [0, 0.05) is 12.1 Å². The van der Waals surface area contributed by atoms with E-state index in [4.69, 9.17) is 9.84 Å². The maximum absolute atomic E-state index is 11.6. The zero-order valence-corrected chi connectivity index (χ0v) is 11.7. The van der Waals surface area contributed by atoms with Gasteiger partial charge in [0.15, 0.2) is 0 Å². The maximum atomic E-state index is 11.6. The fourth-order valence-corrected chi connectivity index (χ4v) is 1.79. The lowest BCUT2D eigenvalue weighted by molar-refractivity contribution is 0.0696. The molecular formula is C16H15NO5. The van der Waals surface area contributed by atoms with Gasteiger partial charge in [0.25, 0.3) is 0 Å². The van der Waals surface area contributed by atoms with E-state index in [9.17, 15) is 14.7 Å². The molecule has 0 fully saturated rings. The number of phenols is 1. The van der Waals surface area contributed by atoms with E-state index in [2.05, 4.69) is 5.32 Å². The largest absolute Gasteiger partial charge is 0.508 e. The van der Waals surface area contributed by atoms with Gasteiger partial charge in [-0.05, 0) is 17.7 Å². The van der Waals surface area contributed by atoms with Gasteiger partial charge >= 0.3 is 12.1 Å². The fraction of sp³-hybridized carbons (Fsp3) is 0.125. The molecule has 0 aliphatic carbocycles. The lowest BCUT2D eigenvalue weighted by Gasteiger charge is -2.09. The van der Waals surface area contributed by atoms with Crippen molar-refractivity contribution in [2.45, 2.75) is 13.2 Å². The number of alkyl carbamates (subject to hydrolysis) is 1. The van der Waals surface area contributed by atoms with Crippen molar-refractivity contribution in [1.82, 2.24) is 5.32 Å². The number of aromatic hydroxyl groups is 1. The highest BCUT2D eigenvalue weighted by molar-refractivity contribution is 5.88. The molecule has 0 spiro atoms. The molecule has 0 saturated heterocycles. The van der Waals surface area contributed by atoms with Crippen molar-refractivity contribution in [3.05, 3.63) is 65.2 Å². The third-order valence-corrected chi connectivity index (χ3v) is 2.97. The van der Waals surface area contributed by atoms with Crippen molar-refractivity contribution >= 4 is 12.1 Å². The molecule has 3 N–H and O–H groups in total. The number of carboxylic acids is 1. The number of carbonyl (C=O) groups is 2. The normalized spacial score (nSPS) is 10.0. The first kappa shape index (κ1) is 15.4. The molecule has 2 aromatic rings. The molecule has 0 radical (unpaired) electrons. The molecule has 1 amide bonds. The number of carbonyl (C=O) groups excluding carboxylic acids is 1. The minimum absolute atomic E-state index is 0.0205. The van der Waals surface area contributed by atoms with Crippen LogP contribution in [0.15, 0.2) is 48.5 Å². The topological polar surface area (TPSA) is 95.9 Å². The van der Waals surface area contributed by atoms with Crippen molar-refractivity contribution in [3.63, 3.8) is 0 Å². The van der Waals surface area contributed by atoms with E-state index in [-0.39, 0.29) is 24.5 Å². The van der Waals surface area contributed by atoms with E-state index < -0.39 is 12.1 Å². The summed E-state index contributed by atoms with van der Waals surface area (Å²) in [7, 11) is 0. The first-order valence-corrected chi connectivity index (χ1v) is 6.56. The molecule has 114 valence electrons. The van der Waals surface area contributed by atoms with Crippen LogP contribution in [0.1, 0.15) is 21.5 Å². The van der Waals surface area contributed by atoms with Gasteiger partial charge in [-0.2, -0.15) is 0 Å². The van der Waals surface area contributed by atoms with Crippen LogP contribution in [-0.4, -0.2) is 22.3 Å². The summed E-state index contributed by atoms with van der Waals surface area (Å²) in [6.45, 7) is 0.190. The van der Waals surface area contributed by atoms with Gasteiger partial charge in [-0.3, -0.25) is 0 Å². The zero-order valence-electron chi connectivity index (χ0n) is 11.7. The van der Waals surface area contributed by atoms with E-state index in [1.54, 1.807) is 0 Å². The number of ether oxygens (including phenoxy) is 1. The molecule has 0 aliphatic rings. The fourth-order valence-electron chi connectivity index (χ4n) is 1.79. The number of phenolic OH excluding ortho intramolecular Hbond substituents is 1. The average Bonchev–Trinajstić information content (AvgIpc) is 2.52. The molecule has 6 heteroatoms. The summed E-state index contributed by atoms with van der Waals surface area (Å²) >= 11 is 0. The number of hydrogen-bond acceptors (Lipinski definition) is 4. The van der Waals surface area contributed by atoms with Crippen LogP contribution in [0.5, 0.6) is 5.75 Å². The lowest BCUT2D eigenvalue weighted by atomic mass is 10.1. The predicted molar refractivity (Wildman–Crippen MR) is 78.5 cm³/mol. The van der Waals surface area contributed by atoms with Crippen LogP contribution >= 0.6 is 0 Å². The Kier molecular flexibility index (Phi) is 4.98. The Hall–Kier alpha value is -3.02. The van der Waals surface area contributed by atoms with Crippen LogP contribution in [0.3, 0.4) is 0 Å². The van der Waals surface area contributed by atoms with Crippen molar-refractivity contribution in [3.8, 4) is 5.75 Å². The van der Waals surface area contributed by atoms with Crippen molar-refractivity contribution in [2.24, 2.45) is 0 Å². The van der Waals surface area contributed by atoms with Gasteiger partial charge < -0.3 is 20.3 Å². The predicted octanol–water partition coefficient (Wildman–Crippen LogP) is 2.52. The quantitative estimate of drug-likeness (QED) is 0.788. The highest BCUT2D eigenvalue weighted by atomic mass is 16.5. The van der Waals surface area contributed by atoms with Gasteiger partial charge in [0.2, 0.25) is 0 Å². The van der Waals surface area contributed by atoms with Crippen LogP contribution in [0, 0.1) is 0 Å². The standard InChI is InChI=1S/C16H15NO5/c18-14-8-12(15(19)20)6-7-13(14)9-17-16(21)22-10-11-4-2-1-3-5-11/h1-8,18H,9-10H2,(H,17,21)(H,19,20). The molecule has 2 rings (SSSR count). The summed E-state index contributed by atoms with van der Waals surface area (Å²) in [5, 5.41) is 21.0. The molecule has 22 heavy (non-hydrogen) atoms. The number of benzene rings is 2.